The molecule has 3 aliphatic carbocycles. The summed E-state index contributed by atoms with van der Waals surface area (Å²) in [5, 5.41) is 14.3. The quantitative estimate of drug-likeness (QED) is 0.315. The lowest BCUT2D eigenvalue weighted by Crippen LogP contribution is -2.42. The van der Waals surface area contributed by atoms with Crippen molar-refractivity contribution < 1.29 is 19.4 Å². The van der Waals surface area contributed by atoms with Crippen LogP contribution in [0.25, 0.3) is 11.1 Å². The van der Waals surface area contributed by atoms with Crippen molar-refractivity contribution in [1.29, 1.82) is 0 Å². The van der Waals surface area contributed by atoms with Crippen LogP contribution in [-0.4, -0.2) is 56.8 Å². The third-order valence-corrected chi connectivity index (χ3v) is 10.2. The average molecular weight is 586 g/mol. The number of amides is 1. The van der Waals surface area contributed by atoms with E-state index in [2.05, 4.69) is 28.1 Å². The van der Waals surface area contributed by atoms with Gasteiger partial charge in [-0.05, 0) is 113 Å². The summed E-state index contributed by atoms with van der Waals surface area (Å²) in [6, 6.07) is 8.75. The molecule has 9 nitrogen and oxygen atoms in total. The maximum atomic E-state index is 14.2. The second-order valence-electron chi connectivity index (χ2n) is 13.1. The van der Waals surface area contributed by atoms with Crippen LogP contribution in [-0.2, 0) is 9.53 Å². The van der Waals surface area contributed by atoms with Crippen LogP contribution in [0.3, 0.4) is 0 Å². The van der Waals surface area contributed by atoms with Gasteiger partial charge in [0.15, 0.2) is 6.29 Å². The molecule has 7 rings (SSSR count). The molecule has 9 heteroatoms. The monoisotopic (exact) mass is 585 g/mol. The van der Waals surface area contributed by atoms with E-state index >= 15 is 0 Å². The highest BCUT2D eigenvalue weighted by molar-refractivity contribution is 5.94. The van der Waals surface area contributed by atoms with E-state index in [0.29, 0.717) is 30.3 Å². The number of aryl methyl sites for hydroxylation is 1. The summed E-state index contributed by atoms with van der Waals surface area (Å²) in [7, 11) is 1.69. The lowest BCUT2D eigenvalue weighted by atomic mass is 9.78. The summed E-state index contributed by atoms with van der Waals surface area (Å²) >= 11 is 0. The Kier molecular flexibility index (Phi) is 7.95. The molecule has 0 aromatic carbocycles. The molecule has 1 amide bonds. The van der Waals surface area contributed by atoms with Crippen LogP contribution in [0.1, 0.15) is 87.6 Å². The highest BCUT2D eigenvalue weighted by atomic mass is 16.7. The summed E-state index contributed by atoms with van der Waals surface area (Å²) in [6.45, 7) is 2.69. The Hall–Kier alpha value is -3.30. The molecule has 4 heterocycles. The van der Waals surface area contributed by atoms with Gasteiger partial charge in [0.05, 0.1) is 25.0 Å². The minimum Gasteiger partial charge on any atom is -0.495 e. The standard InChI is InChI=1S/C34H43N5O4/c1-21-30(42-2)14-13-29(37-21)23-5-3-22(4-6-23)19-38(33(40)25-9-7-24(8-10-25)32-34(41)43-32)31-17-26(15-16-35-31)27-18-36-39(20-27)28-11-12-28/h13-18,20,22-25,28,32,34,41H,3-12,19H2,1-2H3. The molecule has 3 aromatic heterocycles. The molecule has 0 bridgehead atoms. The van der Waals surface area contributed by atoms with E-state index in [-0.39, 0.29) is 17.9 Å². The van der Waals surface area contributed by atoms with Crippen molar-refractivity contribution in [2.75, 3.05) is 18.6 Å². The molecular formula is C34H43N5O4. The number of anilines is 1. The molecule has 4 aliphatic rings. The molecule has 1 saturated heterocycles. The minimum atomic E-state index is -0.614. The summed E-state index contributed by atoms with van der Waals surface area (Å²) in [5.41, 5.74) is 4.19. The first-order valence-corrected chi connectivity index (χ1v) is 16.1. The predicted octanol–water partition coefficient (Wildman–Crippen LogP) is 5.82. The van der Waals surface area contributed by atoms with Crippen molar-refractivity contribution >= 4 is 11.7 Å². The van der Waals surface area contributed by atoms with Crippen molar-refractivity contribution in [2.45, 2.75) is 95.5 Å². The second kappa shape index (κ2) is 12.0. The summed E-state index contributed by atoms with van der Waals surface area (Å²) in [4.78, 5) is 25.8. The molecule has 1 N–H and O–H groups in total. The number of aromatic nitrogens is 4. The van der Waals surface area contributed by atoms with Gasteiger partial charge in [-0.15, -0.1) is 0 Å². The third kappa shape index (κ3) is 6.20. The molecule has 2 atom stereocenters. The minimum absolute atomic E-state index is 0.0296. The molecule has 3 saturated carbocycles. The molecule has 228 valence electrons. The van der Waals surface area contributed by atoms with Gasteiger partial charge in [0, 0.05) is 42.0 Å². The van der Waals surface area contributed by atoms with Crippen LogP contribution in [0.2, 0.25) is 0 Å². The number of ether oxygens (including phenoxy) is 2. The zero-order chi connectivity index (χ0) is 29.5. The van der Waals surface area contributed by atoms with Gasteiger partial charge in [-0.2, -0.15) is 5.10 Å². The van der Waals surface area contributed by atoms with Gasteiger partial charge in [0.1, 0.15) is 17.7 Å². The molecule has 0 radical (unpaired) electrons. The first kappa shape index (κ1) is 28.5. The highest BCUT2D eigenvalue weighted by Crippen LogP contribution is 2.41. The number of carbonyl (C=O) groups excluding carboxylic acids is 1. The van der Waals surface area contributed by atoms with Gasteiger partial charge in [0.25, 0.3) is 0 Å². The highest BCUT2D eigenvalue weighted by Gasteiger charge is 2.45. The van der Waals surface area contributed by atoms with E-state index in [4.69, 9.17) is 19.4 Å². The number of pyridine rings is 2. The maximum Gasteiger partial charge on any atom is 0.231 e. The van der Waals surface area contributed by atoms with Crippen LogP contribution in [0, 0.1) is 24.7 Å². The van der Waals surface area contributed by atoms with Crippen molar-refractivity contribution in [3.05, 3.63) is 54.2 Å². The van der Waals surface area contributed by atoms with E-state index in [1.165, 1.54) is 12.8 Å². The van der Waals surface area contributed by atoms with Gasteiger partial charge >= 0.3 is 0 Å². The van der Waals surface area contributed by atoms with Crippen molar-refractivity contribution in [2.24, 2.45) is 17.8 Å². The zero-order valence-corrected chi connectivity index (χ0v) is 25.3. The molecule has 1 aliphatic heterocycles. The number of hydrogen-bond acceptors (Lipinski definition) is 7. The molecular weight excluding hydrogens is 542 g/mol. The zero-order valence-electron chi connectivity index (χ0n) is 25.3. The number of hydrogen-bond donors (Lipinski definition) is 1. The molecule has 0 spiro atoms. The topological polar surface area (TPSA) is 106 Å². The fourth-order valence-electron chi connectivity index (χ4n) is 7.35. The molecule has 2 unspecified atom stereocenters. The van der Waals surface area contributed by atoms with E-state index in [9.17, 15) is 9.90 Å². The van der Waals surface area contributed by atoms with Crippen molar-refractivity contribution in [1.82, 2.24) is 19.7 Å². The van der Waals surface area contributed by atoms with Gasteiger partial charge < -0.3 is 14.6 Å². The smallest absolute Gasteiger partial charge is 0.231 e. The van der Waals surface area contributed by atoms with Gasteiger partial charge in [-0.1, -0.05) is 0 Å². The number of rotatable bonds is 9. The Morgan fingerprint density at radius 2 is 1.81 bits per heavy atom. The third-order valence-electron chi connectivity index (χ3n) is 10.2. The molecule has 43 heavy (non-hydrogen) atoms. The lowest BCUT2D eigenvalue weighted by molar-refractivity contribution is -0.123. The summed E-state index contributed by atoms with van der Waals surface area (Å²) < 4.78 is 12.8. The van der Waals surface area contributed by atoms with Crippen molar-refractivity contribution in [3.63, 3.8) is 0 Å². The van der Waals surface area contributed by atoms with Gasteiger partial charge in [0.2, 0.25) is 5.91 Å². The van der Waals surface area contributed by atoms with E-state index in [1.807, 2.05) is 36.4 Å². The number of nitrogens with zero attached hydrogens (tertiary/aromatic N) is 5. The number of epoxide rings is 1. The van der Waals surface area contributed by atoms with Crippen molar-refractivity contribution in [3.8, 4) is 16.9 Å². The Morgan fingerprint density at radius 3 is 2.49 bits per heavy atom. The largest absolute Gasteiger partial charge is 0.495 e. The van der Waals surface area contributed by atoms with Crippen LogP contribution < -0.4 is 9.64 Å². The molecule has 3 aromatic rings. The SMILES string of the molecule is COc1ccc(C2CCC(CN(C(=O)C3CCC(C4OC4O)CC3)c3cc(-c4cnn(C5CC5)c4)ccn3)CC2)nc1C. The number of aliphatic hydroxyl groups is 1. The fourth-order valence-corrected chi connectivity index (χ4v) is 7.35. The van der Waals surface area contributed by atoms with Crippen LogP contribution in [0.15, 0.2) is 42.9 Å². The molecule has 4 fully saturated rings. The number of carbonyl (C=O) groups is 1. The van der Waals surface area contributed by atoms with Gasteiger partial charge in [-0.25, -0.2) is 4.98 Å². The van der Waals surface area contributed by atoms with E-state index in [0.717, 1.165) is 85.4 Å². The van der Waals surface area contributed by atoms with Crippen LogP contribution >= 0.6 is 0 Å². The van der Waals surface area contributed by atoms with Gasteiger partial charge in [-0.3, -0.25) is 19.4 Å². The van der Waals surface area contributed by atoms with Crippen LogP contribution in [0.4, 0.5) is 5.82 Å². The average Bonchev–Trinajstić information content (AvgIpc) is 3.97. The summed E-state index contributed by atoms with van der Waals surface area (Å²) in [6.07, 6.45) is 15.3. The Morgan fingerprint density at radius 1 is 1.05 bits per heavy atom. The number of aliphatic hydroxyl groups excluding tert-OH is 1. The first-order valence-electron chi connectivity index (χ1n) is 16.1. The van der Waals surface area contributed by atoms with E-state index in [1.54, 1.807) is 7.11 Å². The normalized spacial score (nSPS) is 28.8. The number of methoxy groups -OCH3 is 1. The first-order chi connectivity index (χ1) is 21.0. The lowest BCUT2D eigenvalue weighted by Gasteiger charge is -2.35. The Balaban J connectivity index is 1.07. The van der Waals surface area contributed by atoms with E-state index < -0.39 is 6.29 Å². The Bertz CT molecular complexity index is 1440. The maximum absolute atomic E-state index is 14.2. The predicted molar refractivity (Wildman–Crippen MR) is 163 cm³/mol. The second-order valence-corrected chi connectivity index (χ2v) is 13.1. The Labute approximate surface area is 253 Å². The van der Waals surface area contributed by atoms with Crippen LogP contribution in [0.5, 0.6) is 5.75 Å². The summed E-state index contributed by atoms with van der Waals surface area (Å²) in [5.74, 6) is 2.91. The fraction of sp³-hybridized carbons (Fsp3) is 0.588.